The Balaban J connectivity index is 2.68. The van der Waals surface area contributed by atoms with Gasteiger partial charge >= 0.3 is 6.00 Å². The molecule has 1 rings (SSSR count). The molecule has 0 atom stereocenters. The molecule has 4 nitrogen and oxygen atoms in total. The molecule has 1 aromatic rings. The Morgan fingerprint density at radius 2 is 1.73 bits per heavy atom. The second kappa shape index (κ2) is 12.5. The van der Waals surface area contributed by atoms with Crippen LogP contribution in [-0.4, -0.2) is 25.2 Å². The maximum atomic E-state index is 10.6. The van der Waals surface area contributed by atoms with Gasteiger partial charge in [0.05, 0.1) is 19.2 Å². The van der Waals surface area contributed by atoms with E-state index in [2.05, 4.69) is 6.92 Å². The van der Waals surface area contributed by atoms with Gasteiger partial charge in [-0.2, -0.15) is 0 Å². The molecule has 0 radical (unpaired) electrons. The van der Waals surface area contributed by atoms with Gasteiger partial charge in [-0.05, 0) is 49.1 Å². The second-order valence-electron chi connectivity index (χ2n) is 5.83. The van der Waals surface area contributed by atoms with Crippen molar-refractivity contribution in [1.82, 2.24) is 0 Å². The number of aliphatic carboxylic acids is 1. The Bertz CT molecular complexity index is 588. The van der Waals surface area contributed by atoms with E-state index in [4.69, 9.17) is 42.7 Å². The molecule has 26 heavy (non-hydrogen) atoms. The van der Waals surface area contributed by atoms with Crippen molar-refractivity contribution in [3.8, 4) is 11.5 Å². The van der Waals surface area contributed by atoms with Crippen LogP contribution in [0.3, 0.4) is 0 Å². The van der Waals surface area contributed by atoms with Crippen LogP contribution in [0, 0.1) is 0 Å². The highest BCUT2D eigenvalue weighted by molar-refractivity contribution is 7.64. The summed E-state index contributed by atoms with van der Waals surface area (Å²) in [6.45, 7) is 3.21. The first-order chi connectivity index (χ1) is 12.3. The third kappa shape index (κ3) is 11.0. The van der Waals surface area contributed by atoms with Crippen molar-refractivity contribution in [3.63, 3.8) is 0 Å². The fraction of sp³-hybridized carbons (Fsp3) is 0.500. The summed E-state index contributed by atoms with van der Waals surface area (Å²) in [6.07, 6.45) is 7.16. The van der Waals surface area contributed by atoms with Crippen LogP contribution in [0.4, 0.5) is 0 Å². The van der Waals surface area contributed by atoms with Crippen molar-refractivity contribution in [2.45, 2.75) is 45.1 Å². The summed E-state index contributed by atoms with van der Waals surface area (Å²) >= 11 is 17.6. The molecule has 0 saturated carbocycles. The van der Waals surface area contributed by atoms with Gasteiger partial charge in [0.1, 0.15) is 0 Å². The van der Waals surface area contributed by atoms with E-state index in [0.717, 1.165) is 38.2 Å². The van der Waals surface area contributed by atoms with E-state index >= 15 is 0 Å². The van der Waals surface area contributed by atoms with Crippen molar-refractivity contribution < 1.29 is 19.4 Å². The summed E-state index contributed by atoms with van der Waals surface area (Å²) in [5.74, 6) is -0.0289. The standard InChI is InChI=1S/C18H25Cl3O4Si/c1-2-3-4-11-24-16-9-7-15(8-10-18(22)23)14-17(16)25-12-5-6-13-26(19,20)21/h7-10,14H,2-6,11-13H2,1H3,(H,22,23)/p-1/b10-8+. The van der Waals surface area contributed by atoms with Crippen molar-refractivity contribution in [1.29, 1.82) is 0 Å². The molecule has 0 aliphatic carbocycles. The molecule has 1 aromatic carbocycles. The van der Waals surface area contributed by atoms with Crippen molar-refractivity contribution in [3.05, 3.63) is 29.8 Å². The first kappa shape index (κ1) is 23.2. The normalized spacial score (nSPS) is 11.7. The summed E-state index contributed by atoms with van der Waals surface area (Å²) < 4.78 is 11.6. The molecule has 0 aliphatic rings. The largest absolute Gasteiger partial charge is 0.545 e. The van der Waals surface area contributed by atoms with Crippen molar-refractivity contribution >= 4 is 51.3 Å². The summed E-state index contributed by atoms with van der Waals surface area (Å²) in [5.41, 5.74) is 0.693. The molecule has 0 spiro atoms. The molecule has 0 N–H and O–H groups in total. The highest BCUT2D eigenvalue weighted by Gasteiger charge is 2.23. The number of hydrogen-bond donors (Lipinski definition) is 0. The molecule has 0 aromatic heterocycles. The SMILES string of the molecule is CCCCCOc1ccc(/C=C/C(=O)[O-])cc1OCCCC[Si](Cl)(Cl)Cl. The van der Waals surface area contributed by atoms with E-state index in [9.17, 15) is 9.90 Å². The Morgan fingerprint density at radius 3 is 2.35 bits per heavy atom. The summed E-state index contributed by atoms with van der Waals surface area (Å²) in [6, 6.07) is 3.31. The number of benzene rings is 1. The highest BCUT2D eigenvalue weighted by Crippen LogP contribution is 2.30. The van der Waals surface area contributed by atoms with E-state index < -0.39 is 12.0 Å². The van der Waals surface area contributed by atoms with Crippen LogP contribution in [0.5, 0.6) is 11.5 Å². The zero-order valence-corrected chi connectivity index (χ0v) is 18.1. The number of ether oxygens (including phenoxy) is 2. The number of carboxylic acids is 1. The molecule has 0 saturated heterocycles. The van der Waals surface area contributed by atoms with E-state index in [1.54, 1.807) is 18.2 Å². The second-order valence-corrected chi connectivity index (χ2v) is 15.1. The van der Waals surface area contributed by atoms with E-state index in [1.807, 2.05) is 0 Å². The average molecular weight is 439 g/mol. The van der Waals surface area contributed by atoms with E-state index in [-0.39, 0.29) is 0 Å². The predicted octanol–water partition coefficient (Wildman–Crippen LogP) is 4.83. The lowest BCUT2D eigenvalue weighted by atomic mass is 10.2. The minimum Gasteiger partial charge on any atom is -0.545 e. The highest BCUT2D eigenvalue weighted by atomic mass is 35.8. The number of carbonyl (C=O) groups excluding carboxylic acids is 1. The van der Waals surface area contributed by atoms with Crippen LogP contribution in [0.1, 0.15) is 44.6 Å². The maximum Gasteiger partial charge on any atom is 0.341 e. The number of rotatable bonds is 13. The number of carboxylic acid groups (broad SMARTS) is 1. The number of carbonyl (C=O) groups is 1. The Morgan fingerprint density at radius 1 is 1.08 bits per heavy atom. The Labute approximate surface area is 170 Å². The molecule has 0 fully saturated rings. The zero-order chi connectivity index (χ0) is 19.4. The summed E-state index contributed by atoms with van der Waals surface area (Å²) in [7, 11) is 0. The smallest absolute Gasteiger partial charge is 0.341 e. The molecule has 0 aliphatic heterocycles. The van der Waals surface area contributed by atoms with Crippen molar-refractivity contribution in [2.24, 2.45) is 0 Å². The van der Waals surface area contributed by atoms with Crippen LogP contribution in [-0.2, 0) is 4.79 Å². The summed E-state index contributed by atoms with van der Waals surface area (Å²) in [5, 5.41) is 10.6. The monoisotopic (exact) mass is 437 g/mol. The topological polar surface area (TPSA) is 58.6 Å². The first-order valence-electron chi connectivity index (χ1n) is 8.67. The van der Waals surface area contributed by atoms with E-state index in [0.29, 0.717) is 36.3 Å². The number of halogens is 3. The van der Waals surface area contributed by atoms with Crippen molar-refractivity contribution in [2.75, 3.05) is 13.2 Å². The number of hydrogen-bond acceptors (Lipinski definition) is 4. The van der Waals surface area contributed by atoms with Crippen LogP contribution >= 0.6 is 33.2 Å². The lowest BCUT2D eigenvalue weighted by molar-refractivity contribution is -0.297. The molecule has 8 heteroatoms. The lowest BCUT2D eigenvalue weighted by Gasteiger charge is -2.14. The molecular formula is C18H24Cl3O4Si-. The molecule has 0 bridgehead atoms. The fourth-order valence-electron chi connectivity index (χ4n) is 2.17. The van der Waals surface area contributed by atoms with Gasteiger partial charge in [-0.15, -0.1) is 33.2 Å². The quantitative estimate of drug-likeness (QED) is 0.191. The maximum absolute atomic E-state index is 10.6. The zero-order valence-electron chi connectivity index (χ0n) is 14.8. The molecule has 146 valence electrons. The average Bonchev–Trinajstić information content (AvgIpc) is 2.56. The minimum atomic E-state index is -2.59. The van der Waals surface area contributed by atoms with Crippen LogP contribution in [0.2, 0.25) is 6.04 Å². The molecule has 0 amide bonds. The molecule has 0 heterocycles. The van der Waals surface area contributed by atoms with Gasteiger partial charge in [-0.25, -0.2) is 0 Å². The predicted molar refractivity (Wildman–Crippen MR) is 108 cm³/mol. The van der Waals surface area contributed by atoms with Crippen LogP contribution in [0.25, 0.3) is 6.08 Å². The Hall–Kier alpha value is -0.883. The summed E-state index contributed by atoms with van der Waals surface area (Å²) in [4.78, 5) is 10.6. The van der Waals surface area contributed by atoms with Gasteiger partial charge in [0.15, 0.2) is 11.5 Å². The van der Waals surface area contributed by atoms with Gasteiger partial charge in [0, 0.05) is 0 Å². The lowest BCUT2D eigenvalue weighted by Crippen LogP contribution is -2.18. The van der Waals surface area contributed by atoms with Gasteiger partial charge < -0.3 is 19.4 Å². The molecular weight excluding hydrogens is 415 g/mol. The van der Waals surface area contributed by atoms with Crippen LogP contribution < -0.4 is 14.6 Å². The van der Waals surface area contributed by atoms with Gasteiger partial charge in [-0.1, -0.05) is 31.9 Å². The fourth-order valence-corrected chi connectivity index (χ4v) is 4.02. The van der Waals surface area contributed by atoms with Gasteiger partial charge in [0.25, 0.3) is 0 Å². The van der Waals surface area contributed by atoms with Gasteiger partial charge in [-0.3, -0.25) is 0 Å². The number of unbranched alkanes of at least 4 members (excludes halogenated alkanes) is 3. The Kier molecular flexibility index (Phi) is 11.1. The third-order valence-electron chi connectivity index (χ3n) is 3.50. The molecule has 0 unspecified atom stereocenters. The minimum absolute atomic E-state index is 0.466. The third-order valence-corrected chi connectivity index (χ3v) is 6.12. The van der Waals surface area contributed by atoms with Crippen LogP contribution in [0.15, 0.2) is 24.3 Å². The first-order valence-corrected chi connectivity index (χ1v) is 13.9. The van der Waals surface area contributed by atoms with Gasteiger partial charge in [0.2, 0.25) is 0 Å². The van der Waals surface area contributed by atoms with E-state index in [1.165, 1.54) is 6.08 Å².